The summed E-state index contributed by atoms with van der Waals surface area (Å²) in [6.45, 7) is 1.52. The molecule has 1 unspecified atom stereocenters. The number of nitrogen functional groups attached to an aromatic ring is 1. The number of carbonyl (C=O) groups excluding carboxylic acids is 1. The normalized spacial score (nSPS) is 19.2. The number of nitrogens with two attached hydrogens (primary N) is 1. The Kier molecular flexibility index (Phi) is 4.82. The van der Waals surface area contributed by atoms with Crippen molar-refractivity contribution in [1.29, 1.82) is 0 Å². The Morgan fingerprint density at radius 1 is 1.55 bits per heavy atom. The second kappa shape index (κ2) is 6.24. The van der Waals surface area contributed by atoms with Crippen LogP contribution in [0.1, 0.15) is 22.5 Å². The van der Waals surface area contributed by atoms with Crippen LogP contribution in [-0.4, -0.2) is 55.5 Å². The van der Waals surface area contributed by atoms with Crippen molar-refractivity contribution in [3.63, 3.8) is 0 Å². The summed E-state index contributed by atoms with van der Waals surface area (Å²) in [6.07, 6.45) is 3.47. The molecule has 2 rings (SSSR count). The van der Waals surface area contributed by atoms with Gasteiger partial charge in [0.1, 0.15) is 9.88 Å². The smallest absolute Gasteiger partial charge is 0.265 e. The first-order valence-corrected chi connectivity index (χ1v) is 8.60. The number of hydrogen-bond acceptors (Lipinski definition) is 6. The summed E-state index contributed by atoms with van der Waals surface area (Å²) in [7, 11) is 3.45. The Labute approximate surface area is 127 Å². The van der Waals surface area contributed by atoms with Gasteiger partial charge in [-0.2, -0.15) is 0 Å². The molecule has 0 aromatic carbocycles. The molecule has 1 aliphatic rings. The van der Waals surface area contributed by atoms with E-state index in [0.29, 0.717) is 17.1 Å². The number of β-amino-alcohol motifs (C(OH)–C–C–N with tert-alkyl or cyclic N) is 1. The van der Waals surface area contributed by atoms with Crippen molar-refractivity contribution in [2.75, 3.05) is 44.1 Å². The first-order valence-electron chi connectivity index (χ1n) is 6.56. The van der Waals surface area contributed by atoms with E-state index in [1.165, 1.54) is 11.3 Å². The van der Waals surface area contributed by atoms with E-state index in [-0.39, 0.29) is 12.0 Å². The number of carbonyl (C=O) groups is 1. The third-order valence-electron chi connectivity index (χ3n) is 3.37. The Bertz CT molecular complexity index is 502. The zero-order chi connectivity index (χ0) is 14.9. The topological polar surface area (TPSA) is 69.8 Å². The number of hydrogen-bond donors (Lipinski definition) is 2. The molecule has 0 bridgehead atoms. The van der Waals surface area contributed by atoms with Gasteiger partial charge < -0.3 is 20.6 Å². The van der Waals surface area contributed by atoms with Crippen LogP contribution in [0, 0.1) is 0 Å². The third kappa shape index (κ3) is 2.89. The van der Waals surface area contributed by atoms with Gasteiger partial charge in [-0.3, -0.25) is 4.79 Å². The molecule has 1 atom stereocenters. The maximum atomic E-state index is 12.2. The summed E-state index contributed by atoms with van der Waals surface area (Å²) >= 11 is 2.99. The van der Waals surface area contributed by atoms with Crippen molar-refractivity contribution < 1.29 is 9.90 Å². The molecule has 1 aromatic rings. The predicted molar refractivity (Wildman–Crippen MR) is 86.0 cm³/mol. The highest BCUT2D eigenvalue weighted by Crippen LogP contribution is 2.44. The van der Waals surface area contributed by atoms with E-state index in [2.05, 4.69) is 4.90 Å². The van der Waals surface area contributed by atoms with Crippen LogP contribution < -0.4 is 10.6 Å². The fraction of sp³-hybridized carbons (Fsp3) is 0.615. The van der Waals surface area contributed by atoms with E-state index >= 15 is 0 Å². The zero-order valence-electron chi connectivity index (χ0n) is 12.0. The first kappa shape index (κ1) is 15.5. The van der Waals surface area contributed by atoms with Gasteiger partial charge in [-0.05, 0) is 19.1 Å². The minimum atomic E-state index is -0.296. The fourth-order valence-corrected chi connectivity index (χ4v) is 4.56. The molecule has 1 fully saturated rings. The van der Waals surface area contributed by atoms with Gasteiger partial charge in [-0.25, -0.2) is 0 Å². The molecule has 5 nitrogen and oxygen atoms in total. The molecular formula is C13H21N3O2S2. The van der Waals surface area contributed by atoms with Gasteiger partial charge in [0.15, 0.2) is 0 Å². The molecule has 1 amide bonds. The number of rotatable bonds is 3. The number of anilines is 2. The van der Waals surface area contributed by atoms with E-state index in [1.54, 1.807) is 30.8 Å². The highest BCUT2D eigenvalue weighted by atomic mass is 32.2. The van der Waals surface area contributed by atoms with E-state index in [4.69, 9.17) is 5.73 Å². The van der Waals surface area contributed by atoms with Crippen molar-refractivity contribution in [1.82, 2.24) is 4.90 Å². The van der Waals surface area contributed by atoms with Crippen molar-refractivity contribution in [2.45, 2.75) is 23.8 Å². The quantitative estimate of drug-likeness (QED) is 0.831. The molecule has 1 saturated heterocycles. The van der Waals surface area contributed by atoms with Crippen LogP contribution in [0.15, 0.2) is 4.90 Å². The van der Waals surface area contributed by atoms with Gasteiger partial charge in [0.25, 0.3) is 5.91 Å². The Morgan fingerprint density at radius 2 is 2.25 bits per heavy atom. The molecule has 3 N–H and O–H groups in total. The Hall–Kier alpha value is -0.920. The summed E-state index contributed by atoms with van der Waals surface area (Å²) in [4.78, 5) is 17.4. The monoisotopic (exact) mass is 315 g/mol. The van der Waals surface area contributed by atoms with Crippen LogP contribution in [0.5, 0.6) is 0 Å². The average Bonchev–Trinajstić information content (AvgIpc) is 2.74. The summed E-state index contributed by atoms with van der Waals surface area (Å²) in [6, 6.07) is 0. The lowest BCUT2D eigenvalue weighted by atomic mass is 10.1. The molecule has 1 aliphatic heterocycles. The molecule has 0 spiro atoms. The van der Waals surface area contributed by atoms with Crippen LogP contribution in [-0.2, 0) is 0 Å². The Balaban J connectivity index is 2.37. The third-order valence-corrected chi connectivity index (χ3v) is 5.58. The SMILES string of the molecule is CSc1c(N2CCCC(O)C2)sc(C(=O)N(C)C)c1N. The standard InChI is InChI=1S/C13H21N3O2S2/c1-15(2)12(18)10-9(14)11(19-3)13(20-10)16-6-4-5-8(17)7-16/h8,17H,4-7,14H2,1-3H3. The van der Waals surface area contributed by atoms with Crippen LogP contribution in [0.3, 0.4) is 0 Å². The maximum Gasteiger partial charge on any atom is 0.265 e. The van der Waals surface area contributed by atoms with Gasteiger partial charge in [-0.15, -0.1) is 23.1 Å². The van der Waals surface area contributed by atoms with Gasteiger partial charge in [-0.1, -0.05) is 0 Å². The minimum absolute atomic E-state index is 0.0633. The average molecular weight is 315 g/mol. The number of thiophene rings is 1. The number of piperidine rings is 1. The number of aliphatic hydroxyl groups excluding tert-OH is 1. The fourth-order valence-electron chi connectivity index (χ4n) is 2.32. The van der Waals surface area contributed by atoms with Crippen LogP contribution in [0.25, 0.3) is 0 Å². The van der Waals surface area contributed by atoms with Crippen LogP contribution >= 0.6 is 23.1 Å². The minimum Gasteiger partial charge on any atom is -0.396 e. The zero-order valence-corrected chi connectivity index (χ0v) is 13.7. The highest BCUT2D eigenvalue weighted by Gasteiger charge is 2.27. The van der Waals surface area contributed by atoms with Gasteiger partial charge in [0, 0.05) is 27.2 Å². The molecule has 20 heavy (non-hydrogen) atoms. The second-order valence-corrected chi connectivity index (χ2v) is 6.94. The van der Waals surface area contributed by atoms with E-state index in [0.717, 1.165) is 29.3 Å². The van der Waals surface area contributed by atoms with E-state index < -0.39 is 0 Å². The lowest BCUT2D eigenvalue weighted by Crippen LogP contribution is -2.38. The first-order chi connectivity index (χ1) is 9.45. The van der Waals surface area contributed by atoms with Gasteiger partial charge in [0.05, 0.1) is 16.7 Å². The molecule has 0 radical (unpaired) electrons. The highest BCUT2D eigenvalue weighted by molar-refractivity contribution is 7.99. The van der Waals surface area contributed by atoms with Crippen molar-refractivity contribution in [3.05, 3.63) is 4.88 Å². The van der Waals surface area contributed by atoms with Crippen LogP contribution in [0.4, 0.5) is 10.7 Å². The predicted octanol–water partition coefficient (Wildman–Crippen LogP) is 1.72. The summed E-state index contributed by atoms with van der Waals surface area (Å²) < 4.78 is 0. The van der Waals surface area contributed by atoms with Gasteiger partial charge in [0.2, 0.25) is 0 Å². The lowest BCUT2D eigenvalue weighted by Gasteiger charge is -2.31. The molecule has 2 heterocycles. The molecule has 1 aromatic heterocycles. The van der Waals surface area contributed by atoms with E-state index in [1.807, 2.05) is 6.26 Å². The summed E-state index contributed by atoms with van der Waals surface area (Å²) in [5.41, 5.74) is 6.71. The van der Waals surface area contributed by atoms with Gasteiger partial charge >= 0.3 is 0 Å². The van der Waals surface area contributed by atoms with Crippen molar-refractivity contribution >= 4 is 39.7 Å². The maximum absolute atomic E-state index is 12.2. The number of thioether (sulfide) groups is 1. The lowest BCUT2D eigenvalue weighted by molar-refractivity contribution is 0.0833. The number of nitrogens with zero attached hydrogens (tertiary/aromatic N) is 2. The molecule has 0 aliphatic carbocycles. The Morgan fingerprint density at radius 3 is 2.80 bits per heavy atom. The number of amides is 1. The molecule has 0 saturated carbocycles. The second-order valence-electron chi connectivity index (χ2n) is 5.12. The summed E-state index contributed by atoms with van der Waals surface area (Å²) in [5, 5.41) is 10.8. The molecule has 112 valence electrons. The molecule has 7 heteroatoms. The summed E-state index contributed by atoms with van der Waals surface area (Å²) in [5.74, 6) is -0.0633. The number of aliphatic hydroxyl groups is 1. The largest absolute Gasteiger partial charge is 0.396 e. The van der Waals surface area contributed by atoms with E-state index in [9.17, 15) is 9.90 Å². The van der Waals surface area contributed by atoms with Crippen molar-refractivity contribution in [3.8, 4) is 0 Å². The molecular weight excluding hydrogens is 294 g/mol. The van der Waals surface area contributed by atoms with Crippen molar-refractivity contribution in [2.24, 2.45) is 0 Å². The van der Waals surface area contributed by atoms with Crippen LogP contribution in [0.2, 0.25) is 0 Å².